The van der Waals surface area contributed by atoms with E-state index in [1.165, 1.54) is 11.0 Å². The summed E-state index contributed by atoms with van der Waals surface area (Å²) >= 11 is 0. The van der Waals surface area contributed by atoms with E-state index in [1.807, 2.05) is 43.7 Å². The first-order valence-electron chi connectivity index (χ1n) is 20.5. The van der Waals surface area contributed by atoms with Crippen molar-refractivity contribution in [2.45, 2.75) is 109 Å². The topological polar surface area (TPSA) is 220 Å². The van der Waals surface area contributed by atoms with E-state index < -0.39 is 68.9 Å². The van der Waals surface area contributed by atoms with E-state index in [2.05, 4.69) is 27.4 Å². The number of benzene rings is 1. The monoisotopic (exact) mass is 849 g/mol. The molecule has 2 aliphatic carbocycles. The van der Waals surface area contributed by atoms with Crippen LogP contribution in [0.5, 0.6) is 17.4 Å². The van der Waals surface area contributed by atoms with Crippen molar-refractivity contribution in [1.82, 2.24) is 35.4 Å². The molecule has 4 amide bonds. The Kier molecular flexibility index (Phi) is 12.1. The first-order valence-corrected chi connectivity index (χ1v) is 22.4. The minimum atomic E-state index is -3.96. The first kappa shape index (κ1) is 42.7. The highest BCUT2D eigenvalue weighted by atomic mass is 32.2. The van der Waals surface area contributed by atoms with Crippen LogP contribution in [-0.2, 0) is 42.2 Å². The predicted octanol–water partition coefficient (Wildman–Crippen LogP) is 3.99. The fourth-order valence-electron chi connectivity index (χ4n) is 8.76. The zero-order valence-electron chi connectivity index (χ0n) is 34.8. The number of nitrogens with zero attached hydrogens (tertiary/aromatic N) is 3. The van der Waals surface area contributed by atoms with Gasteiger partial charge in [-0.05, 0) is 74.5 Å². The summed E-state index contributed by atoms with van der Waals surface area (Å²) in [5, 5.41) is 13.5. The van der Waals surface area contributed by atoms with E-state index in [0.29, 0.717) is 47.4 Å². The molecule has 4 heterocycles. The third-order valence-electron chi connectivity index (χ3n) is 12.1. The fraction of sp³-hybridized carbons (Fsp3) is 0.571. The summed E-state index contributed by atoms with van der Waals surface area (Å²) in [6.45, 7) is 9.89. The number of carbonyl (C=O) groups is 4. The quantitative estimate of drug-likeness (QED) is 0.213. The van der Waals surface area contributed by atoms with Crippen molar-refractivity contribution in [1.29, 1.82) is 0 Å². The maximum atomic E-state index is 14.9. The van der Waals surface area contributed by atoms with Crippen molar-refractivity contribution in [2.75, 3.05) is 26.5 Å². The zero-order valence-corrected chi connectivity index (χ0v) is 35.6. The fourth-order valence-corrected chi connectivity index (χ4v) is 9.28. The number of aromatic amines is 1. The van der Waals surface area contributed by atoms with Crippen molar-refractivity contribution in [3.63, 3.8) is 0 Å². The number of H-pyrrole nitrogens is 1. The normalized spacial score (nSPS) is 26.0. The molecule has 324 valence electrons. The zero-order chi connectivity index (χ0) is 43.0. The van der Waals surface area contributed by atoms with Gasteiger partial charge in [-0.1, -0.05) is 32.8 Å². The minimum Gasteiger partial charge on any atom is -0.496 e. The molecule has 60 heavy (non-hydrogen) atoms. The lowest BCUT2D eigenvalue weighted by atomic mass is 9.87. The number of hydrogen-bond acceptors (Lipinski definition) is 12. The van der Waals surface area contributed by atoms with E-state index >= 15 is 0 Å². The molecule has 0 radical (unpaired) electrons. The third-order valence-corrected chi connectivity index (χ3v) is 12.6. The molecule has 2 aromatic heterocycles. The number of methoxy groups -OCH3 is 1. The molecule has 0 unspecified atom stereocenters. The number of rotatable bonds is 10. The number of sulfonamides is 1. The smallest absolute Gasteiger partial charge is 0.407 e. The van der Waals surface area contributed by atoms with Crippen LogP contribution < -0.4 is 29.6 Å². The van der Waals surface area contributed by atoms with Gasteiger partial charge in [0.25, 0.3) is 5.91 Å². The molecule has 3 fully saturated rings. The van der Waals surface area contributed by atoms with E-state index in [0.717, 1.165) is 43.2 Å². The van der Waals surface area contributed by atoms with Crippen molar-refractivity contribution in [2.24, 2.45) is 17.3 Å². The van der Waals surface area contributed by atoms with E-state index in [-0.39, 0.29) is 44.4 Å². The van der Waals surface area contributed by atoms with Crippen molar-refractivity contribution < 1.29 is 46.5 Å². The highest BCUT2D eigenvalue weighted by Gasteiger charge is 2.61. The maximum absolute atomic E-state index is 14.9. The Morgan fingerprint density at radius 2 is 1.90 bits per heavy atom. The minimum absolute atomic E-state index is 0.00565. The molecular weight excluding hydrogens is 795 g/mol. The Bertz CT molecular complexity index is 2270. The van der Waals surface area contributed by atoms with E-state index in [1.54, 1.807) is 13.2 Å². The van der Waals surface area contributed by atoms with Gasteiger partial charge in [0, 0.05) is 35.6 Å². The second-order valence-corrected chi connectivity index (χ2v) is 19.2. The summed E-state index contributed by atoms with van der Waals surface area (Å²) in [5.41, 5.74) is 1.01. The van der Waals surface area contributed by atoms with E-state index in [9.17, 15) is 27.6 Å². The Hall–Kier alpha value is -5.39. The second-order valence-electron chi connectivity index (χ2n) is 17.4. The van der Waals surface area contributed by atoms with Crippen LogP contribution in [0.2, 0.25) is 0 Å². The average molecular weight is 850 g/mol. The van der Waals surface area contributed by atoms with Crippen LogP contribution in [0.4, 0.5) is 4.79 Å². The Balaban J connectivity index is 1.28. The number of pyridine rings is 1. The predicted molar refractivity (Wildman–Crippen MR) is 220 cm³/mol. The summed E-state index contributed by atoms with van der Waals surface area (Å²) in [5.74, 6) is -1.52. The average Bonchev–Trinajstić information content (AvgIpc) is 3.59. The SMILES string of the molecule is C=C[C@H]1C[C@]1(NC(=O)[C@@H]1C[C@@H]2CN1C(=O)[C@H](C1CCCC1)NC(=O)OCC(C)(C)CCCc1cc3c(cc(OCc4cc(C)[nH]n4)nc3cc1OC)O2)C(=O)NS(C)(=O)=O. The molecule has 2 saturated carbocycles. The van der Waals surface area contributed by atoms with Gasteiger partial charge in [0.1, 0.15) is 41.8 Å². The molecule has 1 saturated heterocycles. The van der Waals surface area contributed by atoms with Crippen molar-refractivity contribution in [3.05, 3.63) is 53.9 Å². The summed E-state index contributed by atoms with van der Waals surface area (Å²) in [7, 11) is -2.37. The summed E-state index contributed by atoms with van der Waals surface area (Å²) < 4.78 is 50.7. The molecule has 7 rings (SSSR count). The largest absolute Gasteiger partial charge is 0.496 e. The summed E-state index contributed by atoms with van der Waals surface area (Å²) in [6, 6.07) is 5.19. The van der Waals surface area contributed by atoms with Crippen LogP contribution in [0.3, 0.4) is 0 Å². The van der Waals surface area contributed by atoms with Crippen LogP contribution in [-0.4, -0.2) is 103 Å². The number of ether oxygens (including phenoxy) is 4. The van der Waals surface area contributed by atoms with E-state index in [4.69, 9.17) is 23.9 Å². The number of aryl methyl sites for hydroxylation is 2. The molecule has 17 nitrogen and oxygen atoms in total. The summed E-state index contributed by atoms with van der Waals surface area (Å²) in [6.07, 6.45) is 6.23. The summed E-state index contributed by atoms with van der Waals surface area (Å²) in [4.78, 5) is 62.4. The molecule has 0 spiro atoms. The van der Waals surface area contributed by atoms with Crippen LogP contribution >= 0.6 is 0 Å². The van der Waals surface area contributed by atoms with Crippen molar-refractivity contribution >= 4 is 44.7 Å². The number of fused-ring (bicyclic) bond motifs is 3. The van der Waals surface area contributed by atoms with Gasteiger partial charge in [0.15, 0.2) is 0 Å². The Morgan fingerprint density at radius 1 is 1.13 bits per heavy atom. The lowest BCUT2D eigenvalue weighted by molar-refractivity contribution is -0.142. The highest BCUT2D eigenvalue weighted by Crippen LogP contribution is 2.45. The number of aromatic nitrogens is 3. The molecule has 4 N–H and O–H groups in total. The van der Waals surface area contributed by atoms with Gasteiger partial charge in [-0.15, -0.1) is 6.58 Å². The number of carbonyl (C=O) groups excluding carboxylic acids is 4. The lowest BCUT2D eigenvalue weighted by Gasteiger charge is -2.32. The highest BCUT2D eigenvalue weighted by molar-refractivity contribution is 7.89. The molecular formula is C42H55N7O10S. The van der Waals surface area contributed by atoms with Crippen molar-refractivity contribution in [3.8, 4) is 17.4 Å². The molecule has 3 aromatic rings. The number of hydrogen-bond donors (Lipinski definition) is 4. The number of amides is 4. The molecule has 4 aliphatic rings. The molecule has 4 bridgehead atoms. The second kappa shape index (κ2) is 16.9. The van der Waals surface area contributed by atoms with Gasteiger partial charge in [0.05, 0.1) is 37.7 Å². The number of alkyl carbamates (subject to hydrolysis) is 1. The molecule has 5 atom stereocenters. The van der Waals surface area contributed by atoms with Gasteiger partial charge >= 0.3 is 6.09 Å². The van der Waals surface area contributed by atoms with Gasteiger partial charge in [-0.2, -0.15) is 5.10 Å². The first-order chi connectivity index (χ1) is 28.5. The standard InChI is InChI=1S/C42H55N7O10S/c1-7-27-20-42(27,39(52)48-60(6,54)55)45-37(50)32-17-29-21-49(32)38(51)36(25-11-8-9-12-25)44-40(53)58-23-41(3,4)14-10-13-26-16-30-31(18-33(26)56-5)43-35(19-34(30)59-29)57-22-28-15-24(2)46-47-28/h7,15-16,18-19,25,27,29,32,36H,1,8-14,17,20-23H2,2-6H3,(H,44,53)(H,45,50)(H,46,47)(H,48,52)/t27-,29+,32-,36-,42+/m0/s1. The van der Waals surface area contributed by atoms with Crippen LogP contribution in [0.15, 0.2) is 36.9 Å². The number of cyclic esters (lactones) is 1. The van der Waals surface area contributed by atoms with Crippen LogP contribution in [0, 0.1) is 24.2 Å². The number of nitrogens with one attached hydrogen (secondary N) is 4. The lowest BCUT2D eigenvalue weighted by Crippen LogP contribution is -2.59. The van der Waals surface area contributed by atoms with Gasteiger partial charge in [0.2, 0.25) is 27.7 Å². The van der Waals surface area contributed by atoms with Gasteiger partial charge in [-0.25, -0.2) is 18.2 Å². The third kappa shape index (κ3) is 9.48. The maximum Gasteiger partial charge on any atom is 0.407 e. The van der Waals surface area contributed by atoms with Gasteiger partial charge in [-0.3, -0.25) is 24.2 Å². The Morgan fingerprint density at radius 3 is 2.57 bits per heavy atom. The van der Waals surface area contributed by atoms with Crippen LogP contribution in [0.1, 0.15) is 82.2 Å². The Labute approximate surface area is 349 Å². The molecule has 1 aromatic carbocycles. The molecule has 2 aliphatic heterocycles. The molecule has 18 heteroatoms. The van der Waals surface area contributed by atoms with Crippen LogP contribution in [0.25, 0.3) is 10.9 Å². The van der Waals surface area contributed by atoms with Gasteiger partial charge < -0.3 is 34.5 Å².